The Balaban J connectivity index is 1.87. The Bertz CT molecular complexity index is 650. The van der Waals surface area contributed by atoms with Crippen LogP contribution in [0, 0.1) is 0 Å². The molecule has 22 heavy (non-hydrogen) atoms. The number of hydrogen-bond donors (Lipinski definition) is 1. The van der Waals surface area contributed by atoms with Gasteiger partial charge in [-0.25, -0.2) is 4.98 Å². The molecule has 2 rings (SSSR count). The fourth-order valence-corrected chi connectivity index (χ4v) is 2.62. The van der Waals surface area contributed by atoms with E-state index in [0.29, 0.717) is 17.3 Å². The van der Waals surface area contributed by atoms with Gasteiger partial charge in [-0.3, -0.25) is 9.59 Å². The third kappa shape index (κ3) is 4.96. The van der Waals surface area contributed by atoms with Crippen LogP contribution in [-0.4, -0.2) is 16.9 Å². The van der Waals surface area contributed by atoms with E-state index in [-0.39, 0.29) is 11.9 Å². The average Bonchev–Trinajstić information content (AvgIpc) is 2.93. The standard InChI is InChI=1S/C16H18N2O3S/c1-3-15(20)21-14-8-5-12(6-9-14)4-7-13-10-22-16(18-13)17-11(2)19/h5-6,8-10H,3-4,7H2,1-2H3,(H,17,18,19). The van der Waals surface area contributed by atoms with Crippen molar-refractivity contribution in [3.8, 4) is 5.75 Å². The van der Waals surface area contributed by atoms with Gasteiger partial charge in [-0.1, -0.05) is 19.1 Å². The molecule has 1 N–H and O–H groups in total. The van der Waals surface area contributed by atoms with Crippen LogP contribution in [0.3, 0.4) is 0 Å². The summed E-state index contributed by atoms with van der Waals surface area (Å²) in [4.78, 5) is 26.5. The minimum atomic E-state index is -0.235. The van der Waals surface area contributed by atoms with E-state index in [1.807, 2.05) is 17.5 Å². The molecule has 0 atom stereocenters. The molecule has 0 saturated carbocycles. The van der Waals surface area contributed by atoms with E-state index < -0.39 is 0 Å². The summed E-state index contributed by atoms with van der Waals surface area (Å²) < 4.78 is 5.13. The number of esters is 1. The maximum absolute atomic E-state index is 11.2. The predicted molar refractivity (Wildman–Crippen MR) is 86.2 cm³/mol. The average molecular weight is 318 g/mol. The summed E-state index contributed by atoms with van der Waals surface area (Å²) in [6.45, 7) is 3.23. The van der Waals surface area contributed by atoms with Crippen molar-refractivity contribution in [2.24, 2.45) is 0 Å². The van der Waals surface area contributed by atoms with Crippen molar-refractivity contribution in [2.45, 2.75) is 33.1 Å². The van der Waals surface area contributed by atoms with Crippen molar-refractivity contribution in [1.29, 1.82) is 0 Å². The number of hydrogen-bond acceptors (Lipinski definition) is 5. The van der Waals surface area contributed by atoms with Gasteiger partial charge in [-0.05, 0) is 30.5 Å². The number of carbonyl (C=O) groups is 2. The van der Waals surface area contributed by atoms with Crippen LogP contribution in [0.4, 0.5) is 5.13 Å². The number of benzene rings is 1. The second-order valence-corrected chi connectivity index (χ2v) is 5.65. The maximum Gasteiger partial charge on any atom is 0.310 e. The van der Waals surface area contributed by atoms with Crippen LogP contribution in [0.5, 0.6) is 5.75 Å². The van der Waals surface area contributed by atoms with E-state index in [2.05, 4.69) is 10.3 Å². The normalized spacial score (nSPS) is 10.3. The van der Waals surface area contributed by atoms with Crippen LogP contribution in [-0.2, 0) is 22.4 Å². The molecule has 1 aromatic carbocycles. The molecule has 0 saturated heterocycles. The Labute approximate surface area is 133 Å². The number of aromatic nitrogens is 1. The van der Waals surface area contributed by atoms with E-state index in [9.17, 15) is 9.59 Å². The van der Waals surface area contributed by atoms with Crippen LogP contribution in [0.2, 0.25) is 0 Å². The van der Waals surface area contributed by atoms with Crippen molar-refractivity contribution in [3.63, 3.8) is 0 Å². The summed E-state index contributed by atoms with van der Waals surface area (Å²) in [7, 11) is 0. The summed E-state index contributed by atoms with van der Waals surface area (Å²) in [6, 6.07) is 7.48. The molecule has 0 fully saturated rings. The van der Waals surface area contributed by atoms with E-state index in [1.54, 1.807) is 19.1 Å². The first-order valence-electron chi connectivity index (χ1n) is 7.08. The molecular formula is C16H18N2O3S. The zero-order valence-corrected chi connectivity index (χ0v) is 13.4. The van der Waals surface area contributed by atoms with Crippen LogP contribution in [0.15, 0.2) is 29.6 Å². The lowest BCUT2D eigenvalue weighted by Crippen LogP contribution is -2.05. The van der Waals surface area contributed by atoms with E-state index >= 15 is 0 Å². The number of nitrogens with zero attached hydrogens (tertiary/aromatic N) is 1. The Morgan fingerprint density at radius 3 is 2.59 bits per heavy atom. The zero-order valence-electron chi connectivity index (χ0n) is 12.6. The molecule has 0 aliphatic heterocycles. The first kappa shape index (κ1) is 16.2. The van der Waals surface area contributed by atoms with Gasteiger partial charge in [0.25, 0.3) is 0 Å². The monoisotopic (exact) mass is 318 g/mol. The summed E-state index contributed by atoms with van der Waals surface area (Å²) in [5.74, 6) is 0.219. The van der Waals surface area contributed by atoms with Crippen LogP contribution < -0.4 is 10.1 Å². The van der Waals surface area contributed by atoms with Gasteiger partial charge in [0, 0.05) is 18.7 Å². The van der Waals surface area contributed by atoms with Crippen molar-refractivity contribution >= 4 is 28.3 Å². The Hall–Kier alpha value is -2.21. The highest BCUT2D eigenvalue weighted by molar-refractivity contribution is 7.13. The number of anilines is 1. The van der Waals surface area contributed by atoms with Crippen LogP contribution >= 0.6 is 11.3 Å². The van der Waals surface area contributed by atoms with E-state index in [4.69, 9.17) is 4.74 Å². The Kier molecular flexibility index (Phi) is 5.66. The summed E-state index contributed by atoms with van der Waals surface area (Å²) >= 11 is 1.42. The SMILES string of the molecule is CCC(=O)Oc1ccc(CCc2csc(NC(C)=O)n2)cc1. The number of rotatable bonds is 6. The highest BCUT2D eigenvalue weighted by atomic mass is 32.1. The van der Waals surface area contributed by atoms with Gasteiger partial charge in [-0.15, -0.1) is 11.3 Å². The molecule has 0 aliphatic carbocycles. The lowest BCUT2D eigenvalue weighted by Gasteiger charge is -2.04. The van der Waals surface area contributed by atoms with Gasteiger partial charge in [0.1, 0.15) is 5.75 Å². The summed E-state index contributed by atoms with van der Waals surface area (Å²) in [6.07, 6.45) is 2.00. The van der Waals surface area contributed by atoms with Gasteiger partial charge < -0.3 is 10.1 Å². The first-order valence-corrected chi connectivity index (χ1v) is 7.96. The van der Waals surface area contributed by atoms with Crippen LogP contribution in [0.25, 0.3) is 0 Å². The van der Waals surface area contributed by atoms with Gasteiger partial charge in [0.15, 0.2) is 5.13 Å². The lowest BCUT2D eigenvalue weighted by atomic mass is 10.1. The number of thiazole rings is 1. The molecule has 1 heterocycles. The molecule has 0 unspecified atom stereocenters. The number of carbonyl (C=O) groups excluding carboxylic acids is 2. The lowest BCUT2D eigenvalue weighted by molar-refractivity contribution is -0.134. The van der Waals surface area contributed by atoms with Crippen molar-refractivity contribution in [3.05, 3.63) is 40.9 Å². The molecular weight excluding hydrogens is 300 g/mol. The number of ether oxygens (including phenoxy) is 1. The molecule has 1 aromatic heterocycles. The molecule has 116 valence electrons. The third-order valence-electron chi connectivity index (χ3n) is 2.95. The molecule has 0 aliphatic rings. The second kappa shape index (κ2) is 7.70. The Morgan fingerprint density at radius 2 is 1.95 bits per heavy atom. The molecule has 5 nitrogen and oxygen atoms in total. The minimum absolute atomic E-state index is 0.113. The van der Waals surface area contributed by atoms with Crippen LogP contribution in [0.1, 0.15) is 31.5 Å². The predicted octanol–water partition coefficient (Wildman–Crippen LogP) is 3.20. The summed E-state index contributed by atoms with van der Waals surface area (Å²) in [5.41, 5.74) is 2.10. The van der Waals surface area contributed by atoms with Crippen molar-refractivity contribution < 1.29 is 14.3 Å². The fraction of sp³-hybridized carbons (Fsp3) is 0.312. The smallest absolute Gasteiger partial charge is 0.310 e. The maximum atomic E-state index is 11.2. The Morgan fingerprint density at radius 1 is 1.23 bits per heavy atom. The zero-order chi connectivity index (χ0) is 15.9. The first-order chi connectivity index (χ1) is 10.6. The van der Waals surface area contributed by atoms with Gasteiger partial charge in [0.2, 0.25) is 5.91 Å². The third-order valence-corrected chi connectivity index (χ3v) is 3.75. The molecule has 0 spiro atoms. The minimum Gasteiger partial charge on any atom is -0.427 e. The molecule has 1 amide bonds. The largest absolute Gasteiger partial charge is 0.427 e. The number of amides is 1. The van der Waals surface area contributed by atoms with E-state index in [1.165, 1.54) is 18.3 Å². The topological polar surface area (TPSA) is 68.3 Å². The second-order valence-electron chi connectivity index (χ2n) is 4.80. The van der Waals surface area contributed by atoms with E-state index in [0.717, 1.165) is 24.1 Å². The molecule has 0 bridgehead atoms. The highest BCUT2D eigenvalue weighted by Crippen LogP contribution is 2.18. The van der Waals surface area contributed by atoms with Crippen molar-refractivity contribution in [2.75, 3.05) is 5.32 Å². The van der Waals surface area contributed by atoms with Gasteiger partial charge >= 0.3 is 5.97 Å². The molecule has 6 heteroatoms. The van der Waals surface area contributed by atoms with Gasteiger partial charge in [-0.2, -0.15) is 0 Å². The van der Waals surface area contributed by atoms with Crippen molar-refractivity contribution in [1.82, 2.24) is 4.98 Å². The quantitative estimate of drug-likeness (QED) is 0.656. The number of nitrogens with one attached hydrogen (secondary N) is 1. The summed E-state index contributed by atoms with van der Waals surface area (Å²) in [5, 5.41) is 5.25. The molecule has 0 radical (unpaired) electrons. The molecule has 2 aromatic rings. The number of aryl methyl sites for hydroxylation is 2. The highest BCUT2D eigenvalue weighted by Gasteiger charge is 2.05. The van der Waals surface area contributed by atoms with Gasteiger partial charge in [0.05, 0.1) is 5.69 Å². The fourth-order valence-electron chi connectivity index (χ4n) is 1.83.